The lowest BCUT2D eigenvalue weighted by molar-refractivity contribution is 0.603. The van der Waals surface area contributed by atoms with Crippen LogP contribution in [-0.2, 0) is 6.42 Å². The minimum atomic E-state index is -0.582. The fourth-order valence-corrected chi connectivity index (χ4v) is 2.03. The molecule has 1 aromatic carbocycles. The lowest BCUT2D eigenvalue weighted by Crippen LogP contribution is -2.06. The summed E-state index contributed by atoms with van der Waals surface area (Å²) in [5.41, 5.74) is 6.49. The van der Waals surface area contributed by atoms with E-state index in [0.717, 1.165) is 5.56 Å². The summed E-state index contributed by atoms with van der Waals surface area (Å²) in [4.78, 5) is 7.93. The van der Waals surface area contributed by atoms with Gasteiger partial charge >= 0.3 is 0 Å². The number of rotatable bonds is 2. The molecule has 94 valence electrons. The molecule has 0 fully saturated rings. The third-order valence-corrected chi connectivity index (χ3v) is 3.04. The molecule has 2 rings (SSSR count). The van der Waals surface area contributed by atoms with Gasteiger partial charge in [-0.3, -0.25) is 0 Å². The zero-order valence-corrected chi connectivity index (χ0v) is 11.1. The number of halogens is 3. The molecule has 0 amide bonds. The lowest BCUT2D eigenvalue weighted by atomic mass is 10.1. The van der Waals surface area contributed by atoms with Crippen molar-refractivity contribution in [2.75, 3.05) is 5.73 Å². The Morgan fingerprint density at radius 3 is 2.61 bits per heavy atom. The minimum Gasteiger partial charge on any atom is -0.381 e. The van der Waals surface area contributed by atoms with Crippen molar-refractivity contribution in [2.45, 2.75) is 13.3 Å². The summed E-state index contributed by atoms with van der Waals surface area (Å²) in [5.74, 6) is -0.306. The van der Waals surface area contributed by atoms with Gasteiger partial charge in [-0.15, -0.1) is 0 Å². The molecule has 0 aliphatic rings. The summed E-state index contributed by atoms with van der Waals surface area (Å²) >= 11 is 11.9. The van der Waals surface area contributed by atoms with E-state index in [-0.39, 0.29) is 11.5 Å². The summed E-state index contributed by atoms with van der Waals surface area (Å²) in [6, 6.07) is 5.14. The quantitative estimate of drug-likeness (QED) is 0.920. The van der Waals surface area contributed by atoms with Crippen molar-refractivity contribution >= 4 is 29.0 Å². The molecule has 0 saturated heterocycles. The predicted molar refractivity (Wildman–Crippen MR) is 70.4 cm³/mol. The molecule has 3 nitrogen and oxygen atoms in total. The van der Waals surface area contributed by atoms with E-state index in [9.17, 15) is 4.39 Å². The Bertz CT molecular complexity index is 579. The van der Waals surface area contributed by atoms with Crippen LogP contribution in [0.2, 0.25) is 10.0 Å². The monoisotopic (exact) mass is 285 g/mol. The molecule has 0 aliphatic carbocycles. The number of aryl methyl sites for hydroxylation is 1. The lowest BCUT2D eigenvalue weighted by Gasteiger charge is -2.06. The van der Waals surface area contributed by atoms with Crippen LogP contribution in [0.3, 0.4) is 0 Å². The maximum atomic E-state index is 13.3. The van der Waals surface area contributed by atoms with Gasteiger partial charge in [-0.2, -0.15) is 0 Å². The van der Waals surface area contributed by atoms with Gasteiger partial charge < -0.3 is 5.73 Å². The van der Waals surface area contributed by atoms with Gasteiger partial charge in [-0.1, -0.05) is 29.3 Å². The van der Waals surface area contributed by atoms with Crippen molar-refractivity contribution in [3.05, 3.63) is 51.1 Å². The van der Waals surface area contributed by atoms with Gasteiger partial charge in [0.2, 0.25) is 0 Å². The highest BCUT2D eigenvalue weighted by molar-refractivity contribution is 6.35. The molecule has 2 aromatic rings. The van der Waals surface area contributed by atoms with Gasteiger partial charge in [0, 0.05) is 16.5 Å². The highest BCUT2D eigenvalue weighted by Gasteiger charge is 2.10. The zero-order valence-electron chi connectivity index (χ0n) is 9.54. The fraction of sp³-hybridized carbons (Fsp3) is 0.167. The Balaban J connectivity index is 2.34. The largest absolute Gasteiger partial charge is 0.381 e. The van der Waals surface area contributed by atoms with E-state index in [1.54, 1.807) is 25.1 Å². The molecule has 1 aromatic heterocycles. The van der Waals surface area contributed by atoms with Gasteiger partial charge in [0.15, 0.2) is 11.6 Å². The SMILES string of the molecule is Cc1nc(Cc2ccc(Cl)cc2Cl)nc(N)c1F. The van der Waals surface area contributed by atoms with Crippen LogP contribution in [0.1, 0.15) is 17.1 Å². The van der Waals surface area contributed by atoms with Crippen molar-refractivity contribution < 1.29 is 4.39 Å². The van der Waals surface area contributed by atoms with Gasteiger partial charge in [0.05, 0.1) is 5.69 Å². The maximum Gasteiger partial charge on any atom is 0.186 e. The predicted octanol–water partition coefficient (Wildman–Crippen LogP) is 3.40. The van der Waals surface area contributed by atoms with E-state index in [4.69, 9.17) is 28.9 Å². The second-order valence-electron chi connectivity index (χ2n) is 3.84. The summed E-state index contributed by atoms with van der Waals surface area (Å²) < 4.78 is 13.3. The van der Waals surface area contributed by atoms with Gasteiger partial charge in [0.1, 0.15) is 5.82 Å². The van der Waals surface area contributed by atoms with Gasteiger partial charge in [-0.25, -0.2) is 14.4 Å². The molecule has 0 saturated carbocycles. The van der Waals surface area contributed by atoms with Gasteiger partial charge in [-0.05, 0) is 24.6 Å². The molecule has 1 heterocycles. The Labute approximate surface area is 114 Å². The first kappa shape index (κ1) is 13.1. The van der Waals surface area contributed by atoms with E-state index in [2.05, 4.69) is 9.97 Å². The minimum absolute atomic E-state index is 0.150. The Morgan fingerprint density at radius 2 is 2.00 bits per heavy atom. The van der Waals surface area contributed by atoms with Crippen LogP contribution in [0.4, 0.5) is 10.2 Å². The Hall–Kier alpha value is -1.39. The molecular formula is C12H10Cl2FN3. The van der Waals surface area contributed by atoms with Gasteiger partial charge in [0.25, 0.3) is 0 Å². The van der Waals surface area contributed by atoms with Crippen molar-refractivity contribution in [2.24, 2.45) is 0 Å². The number of nitrogen functional groups attached to an aromatic ring is 1. The molecule has 2 N–H and O–H groups in total. The molecule has 18 heavy (non-hydrogen) atoms. The van der Waals surface area contributed by atoms with E-state index in [1.165, 1.54) is 0 Å². The van der Waals surface area contributed by atoms with E-state index < -0.39 is 5.82 Å². The molecule has 0 bridgehead atoms. The summed E-state index contributed by atoms with van der Waals surface area (Å²) in [7, 11) is 0. The summed E-state index contributed by atoms with van der Waals surface area (Å²) in [6.45, 7) is 1.54. The van der Waals surface area contributed by atoms with Crippen LogP contribution in [0.25, 0.3) is 0 Å². The summed E-state index contributed by atoms with van der Waals surface area (Å²) in [6.07, 6.45) is 0.376. The standard InChI is InChI=1S/C12H10Cl2FN3/c1-6-11(15)12(16)18-10(17-6)4-7-2-3-8(13)5-9(7)14/h2-3,5H,4H2,1H3,(H2,16,17,18). The molecule has 0 spiro atoms. The second-order valence-corrected chi connectivity index (χ2v) is 4.68. The molecule has 6 heteroatoms. The van der Waals surface area contributed by atoms with Crippen LogP contribution in [0, 0.1) is 12.7 Å². The number of nitrogens with two attached hydrogens (primary N) is 1. The number of anilines is 1. The highest BCUT2D eigenvalue weighted by atomic mass is 35.5. The maximum absolute atomic E-state index is 13.3. The van der Waals surface area contributed by atoms with Crippen molar-refractivity contribution in [3.8, 4) is 0 Å². The third kappa shape index (κ3) is 2.71. The van der Waals surface area contributed by atoms with E-state index in [0.29, 0.717) is 22.3 Å². The highest BCUT2D eigenvalue weighted by Crippen LogP contribution is 2.23. The van der Waals surface area contributed by atoms with Crippen LogP contribution >= 0.6 is 23.2 Å². The van der Waals surface area contributed by atoms with Crippen molar-refractivity contribution in [1.29, 1.82) is 0 Å². The first-order valence-corrected chi connectivity index (χ1v) is 5.95. The van der Waals surface area contributed by atoms with E-state index >= 15 is 0 Å². The van der Waals surface area contributed by atoms with Crippen molar-refractivity contribution in [3.63, 3.8) is 0 Å². The number of hydrogen-bond acceptors (Lipinski definition) is 3. The number of benzene rings is 1. The van der Waals surface area contributed by atoms with E-state index in [1.807, 2.05) is 0 Å². The zero-order chi connectivity index (χ0) is 13.3. The normalized spacial score (nSPS) is 10.7. The number of hydrogen-bond donors (Lipinski definition) is 1. The molecular weight excluding hydrogens is 276 g/mol. The molecule has 0 aliphatic heterocycles. The average molecular weight is 286 g/mol. The fourth-order valence-electron chi connectivity index (χ4n) is 1.56. The third-order valence-electron chi connectivity index (χ3n) is 2.45. The van der Waals surface area contributed by atoms with Crippen molar-refractivity contribution in [1.82, 2.24) is 9.97 Å². The molecule has 0 radical (unpaired) electrons. The van der Waals surface area contributed by atoms with Crippen LogP contribution in [0.5, 0.6) is 0 Å². The number of nitrogens with zero attached hydrogens (tertiary/aromatic N) is 2. The van der Waals surface area contributed by atoms with Crippen LogP contribution < -0.4 is 5.73 Å². The first-order valence-electron chi connectivity index (χ1n) is 5.20. The molecule has 0 atom stereocenters. The Kier molecular flexibility index (Phi) is 3.68. The van der Waals surface area contributed by atoms with Crippen LogP contribution in [-0.4, -0.2) is 9.97 Å². The number of aromatic nitrogens is 2. The van der Waals surface area contributed by atoms with Crippen LogP contribution in [0.15, 0.2) is 18.2 Å². The topological polar surface area (TPSA) is 51.8 Å². The smallest absolute Gasteiger partial charge is 0.186 e. The second kappa shape index (κ2) is 5.08. The molecule has 0 unspecified atom stereocenters. The average Bonchev–Trinajstić information content (AvgIpc) is 2.29. The summed E-state index contributed by atoms with van der Waals surface area (Å²) in [5, 5.41) is 1.08. The first-order chi connectivity index (χ1) is 8.47. The Morgan fingerprint density at radius 1 is 1.28 bits per heavy atom.